The fourth-order valence-corrected chi connectivity index (χ4v) is 6.86. The van der Waals surface area contributed by atoms with Crippen LogP contribution in [0.2, 0.25) is 0 Å². The molecule has 1 fully saturated rings. The molecule has 2 aliphatic heterocycles. The van der Waals surface area contributed by atoms with E-state index in [0.29, 0.717) is 42.7 Å². The summed E-state index contributed by atoms with van der Waals surface area (Å²) in [5.74, 6) is -3.60. The summed E-state index contributed by atoms with van der Waals surface area (Å²) in [6.45, 7) is 0.585. The minimum Gasteiger partial charge on any atom is -0.375 e. The van der Waals surface area contributed by atoms with Gasteiger partial charge in [-0.15, -0.1) is 0 Å². The standard InChI is InChI=1S/C42H38N8O7/c43-38(53)30-22-46-32-21-26(15-16-28(32)37(30)48-27-7-2-1-3-8-27)24-11-13-25(14-12-24)39(54)45-20-5-4-19-44-35(52)23-47-31-10-6-9-29-36(31)42(57)50(41(29)56)33-17-18-34(51)49-40(33)55/h1-3,6-16,21-22,33,47H,4-5,17-20,23H2,(H2,43,53)(H,44,52)(H,45,54)(H,46,48)(H,49,51,55). The predicted molar refractivity (Wildman–Crippen MR) is 212 cm³/mol. The van der Waals surface area contributed by atoms with Crippen molar-refractivity contribution in [2.24, 2.45) is 5.73 Å². The lowest BCUT2D eigenvalue weighted by atomic mass is 10.0. The molecule has 1 saturated heterocycles. The molecule has 0 spiro atoms. The van der Waals surface area contributed by atoms with Gasteiger partial charge in [-0.25, -0.2) is 0 Å². The van der Waals surface area contributed by atoms with Crippen LogP contribution >= 0.6 is 0 Å². The first kappa shape index (κ1) is 37.9. The number of anilines is 3. The van der Waals surface area contributed by atoms with Gasteiger partial charge in [0.25, 0.3) is 23.6 Å². The highest BCUT2D eigenvalue weighted by Gasteiger charge is 2.45. The Morgan fingerprint density at radius 3 is 2.30 bits per heavy atom. The predicted octanol–water partition coefficient (Wildman–Crippen LogP) is 3.88. The zero-order valence-corrected chi connectivity index (χ0v) is 30.6. The number of rotatable bonds is 14. The molecule has 7 amide bonds. The summed E-state index contributed by atoms with van der Waals surface area (Å²) in [7, 11) is 0. The molecule has 0 aliphatic carbocycles. The van der Waals surface area contributed by atoms with Crippen molar-refractivity contribution in [3.05, 3.63) is 119 Å². The Morgan fingerprint density at radius 2 is 1.56 bits per heavy atom. The molecule has 7 N–H and O–H groups in total. The number of hydrogen-bond donors (Lipinski definition) is 6. The van der Waals surface area contributed by atoms with E-state index in [1.807, 2.05) is 60.7 Å². The second kappa shape index (κ2) is 16.5. The van der Waals surface area contributed by atoms with Gasteiger partial charge in [0.15, 0.2) is 0 Å². The third-order valence-corrected chi connectivity index (χ3v) is 9.78. The van der Waals surface area contributed by atoms with Crippen LogP contribution in [0.3, 0.4) is 0 Å². The number of nitrogens with one attached hydrogen (secondary N) is 5. The van der Waals surface area contributed by atoms with E-state index in [1.165, 1.54) is 12.3 Å². The molecule has 4 aromatic carbocycles. The molecular formula is C42H38N8O7. The minimum absolute atomic E-state index is 0.0155. The minimum atomic E-state index is -1.09. The number of unbranched alkanes of at least 4 members (excludes halogenated alkanes) is 1. The van der Waals surface area contributed by atoms with Gasteiger partial charge >= 0.3 is 0 Å². The van der Waals surface area contributed by atoms with Crippen molar-refractivity contribution in [1.29, 1.82) is 0 Å². The van der Waals surface area contributed by atoms with Crippen LogP contribution in [-0.4, -0.2) is 76.9 Å². The van der Waals surface area contributed by atoms with Gasteiger partial charge in [-0.3, -0.25) is 48.8 Å². The van der Waals surface area contributed by atoms with Crippen molar-refractivity contribution in [3.8, 4) is 11.1 Å². The maximum atomic E-state index is 13.3. The average Bonchev–Trinajstić information content (AvgIpc) is 3.47. The Hall–Kier alpha value is -7.42. The molecule has 2 aliphatic rings. The number of para-hydroxylation sites is 1. The zero-order valence-electron chi connectivity index (χ0n) is 30.6. The quantitative estimate of drug-likeness (QED) is 0.0707. The summed E-state index contributed by atoms with van der Waals surface area (Å²) < 4.78 is 0. The summed E-state index contributed by atoms with van der Waals surface area (Å²) >= 11 is 0. The lowest BCUT2D eigenvalue weighted by Gasteiger charge is -2.27. The van der Waals surface area contributed by atoms with Gasteiger partial charge in [0, 0.05) is 48.0 Å². The molecule has 288 valence electrons. The van der Waals surface area contributed by atoms with Crippen LogP contribution in [0.1, 0.15) is 67.1 Å². The van der Waals surface area contributed by atoms with Gasteiger partial charge < -0.3 is 27.0 Å². The number of benzene rings is 4. The van der Waals surface area contributed by atoms with Gasteiger partial charge in [-0.2, -0.15) is 0 Å². The maximum Gasteiger partial charge on any atom is 0.264 e. The topological polar surface area (TPSA) is 222 Å². The number of nitrogens with two attached hydrogens (primary N) is 1. The third kappa shape index (κ3) is 8.17. The molecule has 1 unspecified atom stereocenters. The normalized spacial score (nSPS) is 14.9. The monoisotopic (exact) mass is 766 g/mol. The smallest absolute Gasteiger partial charge is 0.264 e. The first-order chi connectivity index (χ1) is 27.6. The second-order valence-electron chi connectivity index (χ2n) is 13.6. The molecule has 5 aromatic rings. The largest absolute Gasteiger partial charge is 0.375 e. The number of nitrogens with zero attached hydrogens (tertiary/aromatic N) is 2. The molecule has 3 heterocycles. The van der Waals surface area contributed by atoms with Crippen LogP contribution in [0, 0.1) is 0 Å². The number of amides is 7. The number of hydrogen-bond acceptors (Lipinski definition) is 10. The van der Waals surface area contributed by atoms with E-state index in [2.05, 4.69) is 31.6 Å². The summed E-state index contributed by atoms with van der Waals surface area (Å²) in [4.78, 5) is 93.2. The number of piperidine rings is 1. The van der Waals surface area contributed by atoms with Gasteiger partial charge in [0.1, 0.15) is 6.04 Å². The van der Waals surface area contributed by atoms with Gasteiger partial charge in [0.05, 0.1) is 34.4 Å². The number of pyridine rings is 1. The van der Waals surface area contributed by atoms with Gasteiger partial charge in [0.2, 0.25) is 17.7 Å². The molecule has 0 radical (unpaired) electrons. The molecular weight excluding hydrogens is 729 g/mol. The van der Waals surface area contributed by atoms with Crippen molar-refractivity contribution in [3.63, 3.8) is 0 Å². The van der Waals surface area contributed by atoms with Crippen LogP contribution in [0.4, 0.5) is 17.1 Å². The van der Waals surface area contributed by atoms with Crippen LogP contribution in [0.15, 0.2) is 97.2 Å². The maximum absolute atomic E-state index is 13.3. The Kier molecular flexibility index (Phi) is 11.0. The van der Waals surface area contributed by atoms with E-state index < -0.39 is 35.6 Å². The van der Waals surface area contributed by atoms with E-state index in [0.717, 1.165) is 27.1 Å². The molecule has 15 nitrogen and oxygen atoms in total. The average molecular weight is 767 g/mol. The number of carbonyl (C=O) groups excluding carboxylic acids is 7. The van der Waals surface area contributed by atoms with Crippen LogP contribution in [0.5, 0.6) is 0 Å². The molecule has 15 heteroatoms. The highest BCUT2D eigenvalue weighted by atomic mass is 16.2. The first-order valence-electron chi connectivity index (χ1n) is 18.4. The van der Waals surface area contributed by atoms with Crippen molar-refractivity contribution < 1.29 is 33.6 Å². The SMILES string of the molecule is NC(=O)c1cnc2cc(-c3ccc(C(=O)NCCCCNC(=O)CNc4cccc5c4C(=O)N(C4CCC(=O)NC4=O)C5=O)cc3)ccc2c1Nc1ccccc1. The molecule has 57 heavy (non-hydrogen) atoms. The van der Waals surface area contributed by atoms with E-state index in [-0.39, 0.29) is 53.6 Å². The lowest BCUT2D eigenvalue weighted by Crippen LogP contribution is -2.54. The van der Waals surface area contributed by atoms with Crippen LogP contribution < -0.4 is 32.3 Å². The number of fused-ring (bicyclic) bond motifs is 2. The lowest BCUT2D eigenvalue weighted by molar-refractivity contribution is -0.136. The third-order valence-electron chi connectivity index (χ3n) is 9.78. The molecule has 0 saturated carbocycles. The Morgan fingerprint density at radius 1 is 0.825 bits per heavy atom. The fraction of sp³-hybridized carbons (Fsp3) is 0.190. The van der Waals surface area contributed by atoms with Crippen molar-refractivity contribution in [1.82, 2.24) is 25.8 Å². The Labute approximate surface area is 326 Å². The number of imide groups is 2. The number of primary amides is 1. The van der Waals surface area contributed by atoms with Crippen molar-refractivity contribution >= 4 is 69.3 Å². The van der Waals surface area contributed by atoms with E-state index in [4.69, 9.17) is 5.73 Å². The highest BCUT2D eigenvalue weighted by Crippen LogP contribution is 2.34. The van der Waals surface area contributed by atoms with Crippen LogP contribution in [-0.2, 0) is 14.4 Å². The van der Waals surface area contributed by atoms with E-state index in [1.54, 1.807) is 24.3 Å². The molecule has 1 aromatic heterocycles. The number of aromatic nitrogens is 1. The Bertz CT molecular complexity index is 2440. The summed E-state index contributed by atoms with van der Waals surface area (Å²) in [5, 5.41) is 14.8. The molecule has 7 rings (SSSR count). The van der Waals surface area contributed by atoms with Gasteiger partial charge in [-0.05, 0) is 72.9 Å². The summed E-state index contributed by atoms with van der Waals surface area (Å²) in [6, 6.07) is 25.9. The zero-order chi connectivity index (χ0) is 40.1. The molecule has 1 atom stereocenters. The molecule has 0 bridgehead atoms. The summed E-state index contributed by atoms with van der Waals surface area (Å²) in [6.07, 6.45) is 2.73. The second-order valence-corrected chi connectivity index (χ2v) is 13.6. The first-order valence-corrected chi connectivity index (χ1v) is 18.4. The number of carbonyl (C=O) groups is 7. The van der Waals surface area contributed by atoms with Crippen LogP contribution in [0.25, 0.3) is 22.0 Å². The van der Waals surface area contributed by atoms with Crippen molar-refractivity contribution in [2.45, 2.75) is 31.7 Å². The Balaban J connectivity index is 0.861. The highest BCUT2D eigenvalue weighted by molar-refractivity contribution is 6.25. The fourth-order valence-electron chi connectivity index (χ4n) is 6.86. The van der Waals surface area contributed by atoms with Crippen molar-refractivity contribution in [2.75, 3.05) is 30.3 Å². The summed E-state index contributed by atoms with van der Waals surface area (Å²) in [5.41, 5.74) is 10.7. The van der Waals surface area contributed by atoms with E-state index in [9.17, 15) is 33.6 Å². The van der Waals surface area contributed by atoms with Gasteiger partial charge in [-0.1, -0.05) is 48.5 Å². The van der Waals surface area contributed by atoms with E-state index >= 15 is 0 Å².